The zero-order valence-corrected chi connectivity index (χ0v) is 19.0. The van der Waals surface area contributed by atoms with Crippen LogP contribution in [-0.4, -0.2) is 39.7 Å². The van der Waals surface area contributed by atoms with Crippen molar-refractivity contribution in [2.45, 2.75) is 77.1 Å². The highest BCUT2D eigenvalue weighted by Gasteiger charge is 2.49. The van der Waals surface area contributed by atoms with Gasteiger partial charge in [-0.15, -0.1) is 0 Å². The number of hydrogen-bond donors (Lipinski definition) is 0. The SMILES string of the molecule is CC1(C)CC(OC=O)N1Cc1ccccc1.[C-]#[N+]C1CC(C)(C)N1Cc1ccccc1. The predicted molar refractivity (Wildman–Crippen MR) is 123 cm³/mol. The molecule has 2 fully saturated rings. The second kappa shape index (κ2) is 9.64. The van der Waals surface area contributed by atoms with Crippen molar-refractivity contribution in [3.05, 3.63) is 83.2 Å². The third kappa shape index (κ3) is 5.52. The van der Waals surface area contributed by atoms with E-state index in [9.17, 15) is 4.79 Å². The van der Waals surface area contributed by atoms with Crippen LogP contribution in [0.2, 0.25) is 0 Å². The molecular weight excluding hydrogens is 386 g/mol. The summed E-state index contributed by atoms with van der Waals surface area (Å²) >= 11 is 0. The Balaban J connectivity index is 0.000000176. The molecule has 2 aliphatic heterocycles. The standard InChI is InChI=1S/C13H16N2.C13H17NO2/c1-13(2)9-12(14-3)15(13)10-11-7-5-4-6-8-11;1-13(2)8-12(16-10-15)14(13)9-11-6-4-3-5-7-11/h4-8,12H,9-10H2,1-2H3;3-7,10,12H,8-9H2,1-2H3. The van der Waals surface area contributed by atoms with Gasteiger partial charge < -0.3 is 4.74 Å². The molecule has 0 bridgehead atoms. The first-order valence-corrected chi connectivity index (χ1v) is 10.8. The normalized spacial score (nSPS) is 23.8. The predicted octanol–water partition coefficient (Wildman–Crippen LogP) is 5.09. The molecule has 4 rings (SSSR count). The minimum atomic E-state index is -0.0623. The van der Waals surface area contributed by atoms with E-state index in [1.54, 1.807) is 0 Å². The smallest absolute Gasteiger partial charge is 0.294 e. The minimum Gasteiger partial charge on any atom is -0.448 e. The molecule has 2 aromatic rings. The first-order valence-electron chi connectivity index (χ1n) is 10.8. The number of carbonyl (C=O) groups is 1. The van der Waals surface area contributed by atoms with E-state index in [1.807, 2.05) is 24.3 Å². The summed E-state index contributed by atoms with van der Waals surface area (Å²) in [4.78, 5) is 18.5. The highest BCUT2D eigenvalue weighted by Crippen LogP contribution is 2.38. The molecule has 2 saturated heterocycles. The van der Waals surface area contributed by atoms with Crippen molar-refractivity contribution in [2.75, 3.05) is 0 Å². The highest BCUT2D eigenvalue weighted by atomic mass is 16.5. The van der Waals surface area contributed by atoms with Gasteiger partial charge in [0.15, 0.2) is 6.23 Å². The van der Waals surface area contributed by atoms with Gasteiger partial charge in [-0.2, -0.15) is 0 Å². The van der Waals surface area contributed by atoms with Crippen LogP contribution in [0.25, 0.3) is 4.85 Å². The maximum Gasteiger partial charge on any atom is 0.294 e. The molecule has 2 heterocycles. The molecule has 5 heteroatoms. The van der Waals surface area contributed by atoms with Crippen LogP contribution in [-0.2, 0) is 22.6 Å². The number of carbonyl (C=O) groups excluding carboxylic acids is 1. The largest absolute Gasteiger partial charge is 0.448 e. The van der Waals surface area contributed by atoms with Crippen LogP contribution in [0.15, 0.2) is 60.7 Å². The van der Waals surface area contributed by atoms with E-state index >= 15 is 0 Å². The molecule has 5 nitrogen and oxygen atoms in total. The molecule has 0 radical (unpaired) electrons. The van der Waals surface area contributed by atoms with Crippen molar-refractivity contribution in [3.63, 3.8) is 0 Å². The molecule has 0 saturated carbocycles. The fourth-order valence-corrected chi connectivity index (χ4v) is 4.39. The molecule has 2 aromatic carbocycles. The molecular formula is C26H33N3O2. The fraction of sp³-hybridized carbons (Fsp3) is 0.462. The number of benzene rings is 2. The number of ether oxygens (including phenoxy) is 1. The Morgan fingerprint density at radius 2 is 1.39 bits per heavy atom. The summed E-state index contributed by atoms with van der Waals surface area (Å²) in [5, 5.41) is 0. The van der Waals surface area contributed by atoms with E-state index in [0.29, 0.717) is 6.47 Å². The van der Waals surface area contributed by atoms with Gasteiger partial charge in [-0.3, -0.25) is 14.5 Å². The third-order valence-electron chi connectivity index (χ3n) is 6.37. The van der Waals surface area contributed by atoms with Crippen molar-refractivity contribution in [3.8, 4) is 0 Å². The van der Waals surface area contributed by atoms with Crippen LogP contribution in [0.3, 0.4) is 0 Å². The lowest BCUT2D eigenvalue weighted by Gasteiger charge is -2.53. The van der Waals surface area contributed by atoms with Gasteiger partial charge in [-0.1, -0.05) is 60.7 Å². The zero-order chi connectivity index (χ0) is 22.5. The van der Waals surface area contributed by atoms with Crippen molar-refractivity contribution in [1.29, 1.82) is 0 Å². The van der Waals surface area contributed by atoms with Gasteiger partial charge >= 0.3 is 0 Å². The van der Waals surface area contributed by atoms with E-state index < -0.39 is 0 Å². The van der Waals surface area contributed by atoms with E-state index in [2.05, 4.69) is 78.7 Å². The fourth-order valence-electron chi connectivity index (χ4n) is 4.39. The first-order chi connectivity index (χ1) is 14.8. The van der Waals surface area contributed by atoms with Crippen molar-refractivity contribution in [2.24, 2.45) is 0 Å². The zero-order valence-electron chi connectivity index (χ0n) is 19.0. The van der Waals surface area contributed by atoms with E-state index in [4.69, 9.17) is 11.3 Å². The average molecular weight is 420 g/mol. The molecule has 0 aliphatic carbocycles. The van der Waals surface area contributed by atoms with Gasteiger partial charge in [0, 0.05) is 30.6 Å². The lowest BCUT2D eigenvalue weighted by molar-refractivity contribution is -0.193. The topological polar surface area (TPSA) is 37.1 Å². The number of hydrogen-bond acceptors (Lipinski definition) is 4. The summed E-state index contributed by atoms with van der Waals surface area (Å²) in [6.07, 6.45) is 1.91. The van der Waals surface area contributed by atoms with Crippen LogP contribution >= 0.6 is 0 Å². The molecule has 0 aromatic heterocycles. The Morgan fingerprint density at radius 1 is 0.903 bits per heavy atom. The summed E-state index contributed by atoms with van der Waals surface area (Å²) in [5.74, 6) is 0. The minimum absolute atomic E-state index is 0.0623. The summed E-state index contributed by atoms with van der Waals surface area (Å²) < 4.78 is 5.04. The summed E-state index contributed by atoms with van der Waals surface area (Å²) in [6, 6.07) is 20.6. The van der Waals surface area contributed by atoms with Crippen LogP contribution in [0.5, 0.6) is 0 Å². The molecule has 31 heavy (non-hydrogen) atoms. The van der Waals surface area contributed by atoms with Gasteiger partial charge in [-0.25, -0.2) is 11.5 Å². The van der Waals surface area contributed by atoms with Crippen molar-refractivity contribution in [1.82, 2.24) is 9.80 Å². The van der Waals surface area contributed by atoms with Gasteiger partial charge in [0.1, 0.15) is 0 Å². The molecule has 164 valence electrons. The van der Waals surface area contributed by atoms with Crippen molar-refractivity contribution >= 4 is 6.47 Å². The maximum atomic E-state index is 10.4. The van der Waals surface area contributed by atoms with Crippen LogP contribution < -0.4 is 0 Å². The molecule has 0 amide bonds. The second-order valence-corrected chi connectivity index (χ2v) is 9.56. The van der Waals surface area contributed by atoms with E-state index in [0.717, 1.165) is 25.9 Å². The summed E-state index contributed by atoms with van der Waals surface area (Å²) in [7, 11) is 0. The number of likely N-dealkylation sites (tertiary alicyclic amines) is 2. The lowest BCUT2D eigenvalue weighted by atomic mass is 9.85. The quantitative estimate of drug-likeness (QED) is 0.483. The highest BCUT2D eigenvalue weighted by molar-refractivity contribution is 5.38. The van der Waals surface area contributed by atoms with Crippen LogP contribution in [0, 0.1) is 6.57 Å². The van der Waals surface area contributed by atoms with Gasteiger partial charge in [0.2, 0.25) is 0 Å². The summed E-state index contributed by atoms with van der Waals surface area (Å²) in [6.45, 7) is 18.1. The van der Waals surface area contributed by atoms with Crippen molar-refractivity contribution < 1.29 is 9.53 Å². The Kier molecular flexibility index (Phi) is 7.15. The maximum absolute atomic E-state index is 10.4. The van der Waals surface area contributed by atoms with Gasteiger partial charge in [0.25, 0.3) is 12.6 Å². The Morgan fingerprint density at radius 3 is 1.81 bits per heavy atom. The molecule has 2 unspecified atom stereocenters. The number of rotatable bonds is 6. The Hall–Kier alpha value is -2.68. The van der Waals surface area contributed by atoms with E-state index in [-0.39, 0.29) is 23.5 Å². The van der Waals surface area contributed by atoms with Crippen LogP contribution in [0.4, 0.5) is 0 Å². The van der Waals surface area contributed by atoms with Gasteiger partial charge in [-0.05, 0) is 38.8 Å². The van der Waals surface area contributed by atoms with Crippen LogP contribution in [0.1, 0.15) is 51.7 Å². The summed E-state index contributed by atoms with van der Waals surface area (Å²) in [5.41, 5.74) is 2.84. The third-order valence-corrected chi connectivity index (χ3v) is 6.37. The molecule has 2 atom stereocenters. The molecule has 0 N–H and O–H groups in total. The Labute approximate surface area is 186 Å². The van der Waals surface area contributed by atoms with E-state index in [1.165, 1.54) is 11.1 Å². The first kappa shape index (κ1) is 23.0. The number of nitrogens with zero attached hydrogens (tertiary/aromatic N) is 3. The molecule has 0 spiro atoms. The Bertz CT molecular complexity index is 890. The monoisotopic (exact) mass is 419 g/mol. The average Bonchev–Trinajstić information content (AvgIpc) is 2.76. The van der Waals surface area contributed by atoms with Gasteiger partial charge in [0.05, 0.1) is 6.42 Å². The lowest BCUT2D eigenvalue weighted by Crippen LogP contribution is -2.62. The molecule has 2 aliphatic rings. The second-order valence-electron chi connectivity index (χ2n) is 9.56.